The molecule has 0 N–H and O–H groups in total. The molecular formula is C13H26. The van der Waals surface area contributed by atoms with E-state index in [-0.39, 0.29) is 0 Å². The molecule has 0 nitrogen and oxygen atoms in total. The maximum atomic E-state index is 2.37. The molecule has 1 rings (SSSR count). The normalized spacial score (nSPS) is 30.9. The van der Waals surface area contributed by atoms with Gasteiger partial charge in [-0.1, -0.05) is 65.2 Å². The van der Waals surface area contributed by atoms with Crippen molar-refractivity contribution in [1.82, 2.24) is 0 Å². The van der Waals surface area contributed by atoms with Crippen molar-refractivity contribution in [3.05, 3.63) is 0 Å². The van der Waals surface area contributed by atoms with Crippen LogP contribution < -0.4 is 0 Å². The van der Waals surface area contributed by atoms with Gasteiger partial charge in [0.1, 0.15) is 0 Å². The second kappa shape index (κ2) is 6.45. The van der Waals surface area contributed by atoms with E-state index >= 15 is 0 Å². The van der Waals surface area contributed by atoms with E-state index in [4.69, 9.17) is 0 Å². The third-order valence-electron chi connectivity index (χ3n) is 3.67. The van der Waals surface area contributed by atoms with Gasteiger partial charge in [0, 0.05) is 0 Å². The van der Waals surface area contributed by atoms with E-state index in [1.807, 2.05) is 0 Å². The molecule has 2 unspecified atom stereocenters. The van der Waals surface area contributed by atoms with E-state index in [1.54, 1.807) is 0 Å². The predicted octanol–water partition coefficient (Wildman–Crippen LogP) is 4.78. The summed E-state index contributed by atoms with van der Waals surface area (Å²) >= 11 is 0. The zero-order valence-electron chi connectivity index (χ0n) is 9.52. The zero-order valence-corrected chi connectivity index (χ0v) is 9.52. The van der Waals surface area contributed by atoms with Crippen molar-refractivity contribution in [2.45, 2.75) is 71.6 Å². The minimum Gasteiger partial charge on any atom is -0.0654 e. The molecule has 1 fully saturated rings. The molecule has 0 aromatic heterocycles. The first-order valence-corrected chi connectivity index (χ1v) is 6.36. The quantitative estimate of drug-likeness (QED) is 0.589. The van der Waals surface area contributed by atoms with Gasteiger partial charge < -0.3 is 0 Å². The van der Waals surface area contributed by atoms with E-state index < -0.39 is 0 Å². The molecule has 0 saturated heterocycles. The molecule has 0 heterocycles. The molecule has 1 saturated carbocycles. The first-order valence-electron chi connectivity index (χ1n) is 6.36. The Morgan fingerprint density at radius 3 is 2.23 bits per heavy atom. The second-order valence-electron chi connectivity index (χ2n) is 4.80. The van der Waals surface area contributed by atoms with Crippen LogP contribution in [0.1, 0.15) is 71.6 Å². The molecule has 0 radical (unpaired) electrons. The van der Waals surface area contributed by atoms with E-state index in [0.717, 1.165) is 11.8 Å². The Morgan fingerprint density at radius 2 is 1.62 bits per heavy atom. The summed E-state index contributed by atoms with van der Waals surface area (Å²) in [7, 11) is 0. The number of rotatable bonds is 3. The van der Waals surface area contributed by atoms with Gasteiger partial charge in [0.2, 0.25) is 0 Å². The fourth-order valence-electron chi connectivity index (χ4n) is 2.79. The largest absolute Gasteiger partial charge is 0.0654 e. The van der Waals surface area contributed by atoms with Gasteiger partial charge in [0.25, 0.3) is 0 Å². The lowest BCUT2D eigenvalue weighted by Gasteiger charge is -2.25. The van der Waals surface area contributed by atoms with E-state index in [0.29, 0.717) is 0 Å². The monoisotopic (exact) mass is 182 g/mol. The fourth-order valence-corrected chi connectivity index (χ4v) is 2.79. The van der Waals surface area contributed by atoms with Crippen LogP contribution in [-0.2, 0) is 0 Å². The molecule has 0 amide bonds. The highest BCUT2D eigenvalue weighted by Crippen LogP contribution is 2.30. The first-order chi connectivity index (χ1) is 6.36. The van der Waals surface area contributed by atoms with E-state index in [1.165, 1.54) is 57.8 Å². The van der Waals surface area contributed by atoms with Crippen LogP contribution in [0.5, 0.6) is 0 Å². The molecule has 1 aliphatic rings. The lowest BCUT2D eigenvalue weighted by molar-refractivity contribution is 0.277. The van der Waals surface area contributed by atoms with Crippen molar-refractivity contribution < 1.29 is 0 Å². The highest BCUT2D eigenvalue weighted by molar-refractivity contribution is 4.69. The molecule has 78 valence electrons. The Balaban J connectivity index is 2.33. The summed E-state index contributed by atoms with van der Waals surface area (Å²) in [4.78, 5) is 0. The first kappa shape index (κ1) is 11.1. The van der Waals surface area contributed by atoms with Crippen molar-refractivity contribution in [2.24, 2.45) is 11.8 Å². The highest BCUT2D eigenvalue weighted by Gasteiger charge is 2.16. The SMILES string of the molecule is CCCC1CCCCCC(CC)C1. The Bertz CT molecular complexity index is 117. The number of hydrogen-bond acceptors (Lipinski definition) is 0. The van der Waals surface area contributed by atoms with Gasteiger partial charge in [0.05, 0.1) is 0 Å². The average Bonchev–Trinajstić information content (AvgIpc) is 2.09. The van der Waals surface area contributed by atoms with E-state index in [2.05, 4.69) is 13.8 Å². The Morgan fingerprint density at radius 1 is 0.923 bits per heavy atom. The number of hydrogen-bond donors (Lipinski definition) is 0. The van der Waals surface area contributed by atoms with Crippen molar-refractivity contribution in [3.63, 3.8) is 0 Å². The van der Waals surface area contributed by atoms with Crippen LogP contribution in [-0.4, -0.2) is 0 Å². The highest BCUT2D eigenvalue weighted by atomic mass is 14.2. The molecule has 0 aromatic carbocycles. The smallest absolute Gasteiger partial charge is 0.0412 e. The minimum absolute atomic E-state index is 1.05. The van der Waals surface area contributed by atoms with Gasteiger partial charge in [-0.25, -0.2) is 0 Å². The fraction of sp³-hybridized carbons (Fsp3) is 1.00. The Hall–Kier alpha value is 0. The average molecular weight is 182 g/mol. The maximum Gasteiger partial charge on any atom is -0.0412 e. The zero-order chi connectivity index (χ0) is 9.52. The van der Waals surface area contributed by atoms with Gasteiger partial charge in [0.15, 0.2) is 0 Å². The van der Waals surface area contributed by atoms with Gasteiger partial charge >= 0.3 is 0 Å². The molecular weight excluding hydrogens is 156 g/mol. The second-order valence-corrected chi connectivity index (χ2v) is 4.80. The molecule has 0 heteroatoms. The molecule has 2 atom stereocenters. The molecule has 0 spiro atoms. The lowest BCUT2D eigenvalue weighted by Crippen LogP contribution is -2.11. The molecule has 0 aromatic rings. The van der Waals surface area contributed by atoms with Gasteiger partial charge in [-0.3, -0.25) is 0 Å². The topological polar surface area (TPSA) is 0 Å². The predicted molar refractivity (Wildman–Crippen MR) is 59.9 cm³/mol. The standard InChI is InChI=1S/C13H26/c1-3-8-13-10-7-5-6-9-12(4-2)11-13/h12-13H,3-11H2,1-2H3. The van der Waals surface area contributed by atoms with Crippen LogP contribution in [0.25, 0.3) is 0 Å². The summed E-state index contributed by atoms with van der Waals surface area (Å²) < 4.78 is 0. The Labute approximate surface area is 84.1 Å². The minimum atomic E-state index is 1.05. The van der Waals surface area contributed by atoms with Crippen molar-refractivity contribution in [3.8, 4) is 0 Å². The molecule has 0 aliphatic heterocycles. The third kappa shape index (κ3) is 4.15. The Kier molecular flexibility index (Phi) is 5.50. The van der Waals surface area contributed by atoms with E-state index in [9.17, 15) is 0 Å². The van der Waals surface area contributed by atoms with Crippen LogP contribution >= 0.6 is 0 Å². The maximum absolute atomic E-state index is 2.37. The summed E-state index contributed by atoms with van der Waals surface area (Å²) in [6.07, 6.45) is 13.3. The van der Waals surface area contributed by atoms with Crippen molar-refractivity contribution in [1.29, 1.82) is 0 Å². The van der Waals surface area contributed by atoms with Gasteiger partial charge in [-0.2, -0.15) is 0 Å². The molecule has 13 heavy (non-hydrogen) atoms. The summed E-state index contributed by atoms with van der Waals surface area (Å²) in [6.45, 7) is 4.70. The molecule has 1 aliphatic carbocycles. The van der Waals surface area contributed by atoms with Crippen molar-refractivity contribution in [2.75, 3.05) is 0 Å². The summed E-state index contributed by atoms with van der Waals surface area (Å²) in [6, 6.07) is 0. The van der Waals surface area contributed by atoms with Crippen molar-refractivity contribution >= 4 is 0 Å². The van der Waals surface area contributed by atoms with Crippen LogP contribution in [0.4, 0.5) is 0 Å². The third-order valence-corrected chi connectivity index (χ3v) is 3.67. The lowest BCUT2D eigenvalue weighted by atomic mass is 9.81. The summed E-state index contributed by atoms with van der Waals surface area (Å²) in [5.74, 6) is 2.12. The van der Waals surface area contributed by atoms with Crippen LogP contribution in [0.3, 0.4) is 0 Å². The van der Waals surface area contributed by atoms with Gasteiger partial charge in [-0.05, 0) is 18.3 Å². The van der Waals surface area contributed by atoms with Crippen LogP contribution in [0.2, 0.25) is 0 Å². The van der Waals surface area contributed by atoms with Crippen LogP contribution in [0, 0.1) is 11.8 Å². The summed E-state index contributed by atoms with van der Waals surface area (Å²) in [5.41, 5.74) is 0. The van der Waals surface area contributed by atoms with Gasteiger partial charge in [-0.15, -0.1) is 0 Å². The summed E-state index contributed by atoms with van der Waals surface area (Å²) in [5, 5.41) is 0. The van der Waals surface area contributed by atoms with Crippen LogP contribution in [0.15, 0.2) is 0 Å². The molecule has 0 bridgehead atoms.